The third kappa shape index (κ3) is 8.90. The van der Waals surface area contributed by atoms with Crippen LogP contribution in [0.4, 0.5) is 0 Å². The van der Waals surface area contributed by atoms with Crippen LogP contribution in [0.5, 0.6) is 0 Å². The maximum Gasteiger partial charge on any atom is 0.256 e. The van der Waals surface area contributed by atoms with Crippen molar-refractivity contribution in [2.45, 2.75) is 39.5 Å². The standard InChI is InChI=1S/C18H29NO6/c1-3-8-23-10-12-25-13-11-24-9-4-5-16(20)6-7-19-17(21)14-15(2)18(19)22/h14H,3-13H2,1-2H3. The molecule has 0 unspecified atom stereocenters. The van der Waals surface area contributed by atoms with Crippen LogP contribution in [0.25, 0.3) is 0 Å². The SMILES string of the molecule is CCCOCCOCCOCCCC(=O)CCN1C(=O)C=C(C)C1=O. The van der Waals surface area contributed by atoms with E-state index in [4.69, 9.17) is 14.2 Å². The Morgan fingerprint density at radius 3 is 2.12 bits per heavy atom. The number of rotatable bonds is 15. The van der Waals surface area contributed by atoms with Crippen molar-refractivity contribution in [2.24, 2.45) is 0 Å². The van der Waals surface area contributed by atoms with Crippen LogP contribution in [-0.2, 0) is 28.6 Å². The lowest BCUT2D eigenvalue weighted by Crippen LogP contribution is -2.32. The Balaban J connectivity index is 1.93. The first-order chi connectivity index (χ1) is 12.1. The van der Waals surface area contributed by atoms with Gasteiger partial charge in [-0.3, -0.25) is 19.3 Å². The van der Waals surface area contributed by atoms with Crippen LogP contribution >= 0.6 is 0 Å². The number of carbonyl (C=O) groups is 3. The summed E-state index contributed by atoms with van der Waals surface area (Å²) in [7, 11) is 0. The van der Waals surface area contributed by atoms with E-state index in [1.54, 1.807) is 6.92 Å². The minimum Gasteiger partial charge on any atom is -0.379 e. The van der Waals surface area contributed by atoms with E-state index >= 15 is 0 Å². The van der Waals surface area contributed by atoms with Gasteiger partial charge in [0.1, 0.15) is 5.78 Å². The smallest absolute Gasteiger partial charge is 0.256 e. The number of nitrogens with zero attached hydrogens (tertiary/aromatic N) is 1. The van der Waals surface area contributed by atoms with Gasteiger partial charge in [-0.1, -0.05) is 6.92 Å². The van der Waals surface area contributed by atoms with Gasteiger partial charge in [-0.15, -0.1) is 0 Å². The van der Waals surface area contributed by atoms with E-state index in [0.717, 1.165) is 17.9 Å². The predicted molar refractivity (Wildman–Crippen MR) is 92.1 cm³/mol. The number of carbonyl (C=O) groups excluding carboxylic acids is 3. The van der Waals surface area contributed by atoms with Gasteiger partial charge in [0.25, 0.3) is 11.8 Å². The molecule has 1 heterocycles. The normalized spacial score (nSPS) is 14.3. The first kappa shape index (κ1) is 21.5. The van der Waals surface area contributed by atoms with Gasteiger partial charge < -0.3 is 14.2 Å². The number of hydrogen-bond donors (Lipinski definition) is 0. The van der Waals surface area contributed by atoms with Gasteiger partial charge in [0.2, 0.25) is 0 Å². The van der Waals surface area contributed by atoms with E-state index in [0.29, 0.717) is 51.4 Å². The molecule has 0 saturated heterocycles. The molecule has 0 aromatic rings. The molecule has 0 fully saturated rings. The topological polar surface area (TPSA) is 82.1 Å². The molecule has 0 bridgehead atoms. The van der Waals surface area contributed by atoms with Gasteiger partial charge >= 0.3 is 0 Å². The molecule has 0 radical (unpaired) electrons. The summed E-state index contributed by atoms with van der Waals surface area (Å²) < 4.78 is 16.0. The Hall–Kier alpha value is -1.57. The molecule has 0 atom stereocenters. The minimum atomic E-state index is -0.335. The van der Waals surface area contributed by atoms with Crippen LogP contribution in [-0.4, -0.2) is 68.7 Å². The second kappa shape index (κ2) is 12.7. The first-order valence-corrected chi connectivity index (χ1v) is 8.85. The molecule has 1 rings (SSSR count). The van der Waals surface area contributed by atoms with Crippen LogP contribution < -0.4 is 0 Å². The molecule has 1 aliphatic heterocycles. The summed E-state index contributed by atoms with van der Waals surface area (Å²) in [5, 5.41) is 0. The zero-order chi connectivity index (χ0) is 18.5. The number of imide groups is 1. The van der Waals surface area contributed by atoms with E-state index in [2.05, 4.69) is 6.92 Å². The Labute approximate surface area is 149 Å². The largest absolute Gasteiger partial charge is 0.379 e. The van der Waals surface area contributed by atoms with Crippen molar-refractivity contribution in [1.29, 1.82) is 0 Å². The molecule has 0 spiro atoms. The van der Waals surface area contributed by atoms with Crippen LogP contribution in [0.2, 0.25) is 0 Å². The van der Waals surface area contributed by atoms with Gasteiger partial charge in [-0.05, 0) is 19.8 Å². The Morgan fingerprint density at radius 1 is 0.960 bits per heavy atom. The molecule has 25 heavy (non-hydrogen) atoms. The second-order valence-electron chi connectivity index (χ2n) is 5.85. The highest BCUT2D eigenvalue weighted by Crippen LogP contribution is 2.12. The minimum absolute atomic E-state index is 0.0260. The van der Waals surface area contributed by atoms with Crippen molar-refractivity contribution in [3.63, 3.8) is 0 Å². The summed E-state index contributed by atoms with van der Waals surface area (Å²) >= 11 is 0. The summed E-state index contributed by atoms with van der Waals surface area (Å²) in [6, 6.07) is 0. The lowest BCUT2D eigenvalue weighted by Gasteiger charge is -2.13. The molecule has 7 nitrogen and oxygen atoms in total. The highest BCUT2D eigenvalue weighted by Gasteiger charge is 2.28. The number of ketones is 1. The highest BCUT2D eigenvalue weighted by atomic mass is 16.5. The molecular weight excluding hydrogens is 326 g/mol. The molecule has 0 aromatic heterocycles. The van der Waals surface area contributed by atoms with Crippen LogP contribution in [0, 0.1) is 0 Å². The quantitative estimate of drug-likeness (QED) is 0.327. The van der Waals surface area contributed by atoms with E-state index in [1.807, 2.05) is 0 Å². The maximum atomic E-state index is 11.8. The third-order valence-electron chi connectivity index (χ3n) is 3.64. The van der Waals surface area contributed by atoms with Gasteiger partial charge in [0, 0.05) is 44.2 Å². The fourth-order valence-corrected chi connectivity index (χ4v) is 2.27. The summed E-state index contributed by atoms with van der Waals surface area (Å²) in [5.74, 6) is -0.613. The Morgan fingerprint density at radius 2 is 1.56 bits per heavy atom. The van der Waals surface area contributed by atoms with E-state index < -0.39 is 0 Å². The number of amides is 2. The van der Waals surface area contributed by atoms with E-state index in [9.17, 15) is 14.4 Å². The lowest BCUT2D eigenvalue weighted by atomic mass is 10.1. The molecule has 0 aliphatic carbocycles. The Kier molecular flexibility index (Phi) is 10.9. The second-order valence-corrected chi connectivity index (χ2v) is 5.85. The molecule has 142 valence electrons. The van der Waals surface area contributed by atoms with Crippen molar-refractivity contribution in [1.82, 2.24) is 4.90 Å². The van der Waals surface area contributed by atoms with Crippen molar-refractivity contribution < 1.29 is 28.6 Å². The molecule has 0 aromatic carbocycles. The zero-order valence-electron chi connectivity index (χ0n) is 15.3. The molecule has 7 heteroatoms. The zero-order valence-corrected chi connectivity index (χ0v) is 15.3. The molecule has 0 N–H and O–H groups in total. The monoisotopic (exact) mass is 355 g/mol. The van der Waals surface area contributed by atoms with Crippen molar-refractivity contribution in [3.05, 3.63) is 11.6 Å². The molecular formula is C18H29NO6. The van der Waals surface area contributed by atoms with E-state index in [-0.39, 0.29) is 30.6 Å². The van der Waals surface area contributed by atoms with Gasteiger partial charge in [-0.25, -0.2) is 0 Å². The number of ether oxygens (including phenoxy) is 3. The molecule has 2 amide bonds. The third-order valence-corrected chi connectivity index (χ3v) is 3.64. The molecule has 0 saturated carbocycles. The van der Waals surface area contributed by atoms with Crippen LogP contribution in [0.15, 0.2) is 11.6 Å². The highest BCUT2D eigenvalue weighted by molar-refractivity contribution is 6.15. The summed E-state index contributed by atoms with van der Waals surface area (Å²) in [4.78, 5) is 36.1. The van der Waals surface area contributed by atoms with Crippen LogP contribution in [0.1, 0.15) is 39.5 Å². The molecule has 1 aliphatic rings. The fraction of sp³-hybridized carbons (Fsp3) is 0.722. The first-order valence-electron chi connectivity index (χ1n) is 8.85. The van der Waals surface area contributed by atoms with Crippen molar-refractivity contribution in [3.8, 4) is 0 Å². The predicted octanol–water partition coefficient (Wildman–Crippen LogP) is 1.50. The summed E-state index contributed by atoms with van der Waals surface area (Å²) in [6.45, 7) is 7.21. The average Bonchev–Trinajstić information content (AvgIpc) is 2.83. The van der Waals surface area contributed by atoms with Crippen molar-refractivity contribution >= 4 is 17.6 Å². The maximum absolute atomic E-state index is 11.8. The fourth-order valence-electron chi connectivity index (χ4n) is 2.27. The summed E-state index contributed by atoms with van der Waals surface area (Å²) in [6.07, 6.45) is 3.51. The van der Waals surface area contributed by atoms with Gasteiger partial charge in [0.05, 0.1) is 26.4 Å². The number of hydrogen-bond acceptors (Lipinski definition) is 6. The Bertz CT molecular complexity index is 474. The van der Waals surface area contributed by atoms with Gasteiger partial charge in [-0.2, -0.15) is 0 Å². The summed E-state index contributed by atoms with van der Waals surface area (Å²) in [5.41, 5.74) is 0.421. The van der Waals surface area contributed by atoms with Crippen LogP contribution in [0.3, 0.4) is 0 Å². The van der Waals surface area contributed by atoms with E-state index in [1.165, 1.54) is 6.08 Å². The lowest BCUT2D eigenvalue weighted by molar-refractivity contribution is -0.137. The van der Waals surface area contributed by atoms with Gasteiger partial charge in [0.15, 0.2) is 0 Å². The van der Waals surface area contributed by atoms with Crippen molar-refractivity contribution in [2.75, 3.05) is 46.2 Å². The number of Topliss-reactive ketones (excluding diaryl/α,β-unsaturated/α-hetero) is 1. The average molecular weight is 355 g/mol.